The Balaban J connectivity index is 4.02. The summed E-state index contributed by atoms with van der Waals surface area (Å²) < 4.78 is 0. The molecule has 0 saturated carbocycles. The number of carboxylic acid groups (broad SMARTS) is 2. The number of carbonyl (C=O) groups is 2. The third kappa shape index (κ3) is 17.3. The first kappa shape index (κ1) is 29.6. The van der Waals surface area contributed by atoms with Crippen LogP contribution in [0.4, 0.5) is 0 Å². The van der Waals surface area contributed by atoms with Crippen molar-refractivity contribution in [1.82, 2.24) is 0 Å². The minimum absolute atomic E-state index is 0.730. The summed E-state index contributed by atoms with van der Waals surface area (Å²) in [6.07, 6.45) is 19.4. The van der Waals surface area contributed by atoms with Gasteiger partial charge in [0.05, 0.1) is 0 Å². The number of aliphatic carboxylic acids is 2. The third-order valence-corrected chi connectivity index (χ3v) is 8.24. The maximum absolute atomic E-state index is 11.7. The molecule has 0 aromatic carbocycles. The molecule has 0 aliphatic rings. The Morgan fingerprint density at radius 1 is 0.533 bits per heavy atom. The first-order chi connectivity index (χ1) is 14.5. The summed E-state index contributed by atoms with van der Waals surface area (Å²) in [5.41, 5.74) is 0. The van der Waals surface area contributed by atoms with Crippen molar-refractivity contribution in [3.8, 4) is 0 Å². The average Bonchev–Trinajstić information content (AvgIpc) is 2.71. The van der Waals surface area contributed by atoms with E-state index in [2.05, 4.69) is 13.8 Å². The summed E-state index contributed by atoms with van der Waals surface area (Å²) in [5, 5.41) is 17.4. The summed E-state index contributed by atoms with van der Waals surface area (Å²) in [5.74, 6) is -0.520. The highest BCUT2D eigenvalue weighted by Crippen LogP contribution is 2.28. The van der Waals surface area contributed by atoms with Crippen LogP contribution in [0.15, 0.2) is 0 Å². The van der Waals surface area contributed by atoms with Crippen molar-refractivity contribution in [1.29, 1.82) is 0 Å². The van der Waals surface area contributed by atoms with Gasteiger partial charge in [0.15, 0.2) is 0 Å². The zero-order valence-corrected chi connectivity index (χ0v) is 21.0. The Morgan fingerprint density at radius 3 is 1.07 bits per heavy atom. The van der Waals surface area contributed by atoms with Gasteiger partial charge >= 0.3 is 11.9 Å². The molecule has 0 spiro atoms. The van der Waals surface area contributed by atoms with Crippen molar-refractivity contribution in [3.63, 3.8) is 0 Å². The molecule has 0 heterocycles. The second kappa shape index (κ2) is 21.9. The zero-order chi connectivity index (χ0) is 22.5. The van der Waals surface area contributed by atoms with E-state index in [4.69, 9.17) is 0 Å². The SMILES string of the molecule is CCCCCCCCCCS[C@H](C(=O)O)[C@@H](SCCCCCCCCCC)C(=O)O. The predicted molar refractivity (Wildman–Crippen MR) is 133 cm³/mol. The number of thioether (sulfide) groups is 2. The number of hydrogen-bond acceptors (Lipinski definition) is 4. The largest absolute Gasteiger partial charge is 0.480 e. The molecule has 0 saturated heterocycles. The molecular formula is C24H46O4S2. The van der Waals surface area contributed by atoms with Crippen molar-refractivity contribution in [3.05, 3.63) is 0 Å². The van der Waals surface area contributed by atoms with Crippen molar-refractivity contribution in [2.75, 3.05) is 11.5 Å². The van der Waals surface area contributed by atoms with Gasteiger partial charge in [-0.1, -0.05) is 104 Å². The number of hydrogen-bond donors (Lipinski definition) is 2. The van der Waals surface area contributed by atoms with Crippen LogP contribution in [-0.4, -0.2) is 44.2 Å². The third-order valence-electron chi connectivity index (χ3n) is 5.35. The maximum Gasteiger partial charge on any atom is 0.318 e. The number of carboxylic acids is 2. The fourth-order valence-corrected chi connectivity index (χ4v) is 6.06. The normalized spacial score (nSPS) is 13.3. The lowest BCUT2D eigenvalue weighted by atomic mass is 10.1. The summed E-state index contributed by atoms with van der Waals surface area (Å²) >= 11 is 2.63. The molecule has 4 nitrogen and oxygen atoms in total. The molecule has 6 heteroatoms. The van der Waals surface area contributed by atoms with Gasteiger partial charge in [0, 0.05) is 0 Å². The van der Waals surface area contributed by atoms with Crippen LogP contribution in [0.2, 0.25) is 0 Å². The predicted octanol–water partition coefficient (Wildman–Crippen LogP) is 7.64. The molecule has 0 rings (SSSR count). The molecule has 0 unspecified atom stereocenters. The monoisotopic (exact) mass is 462 g/mol. The van der Waals surface area contributed by atoms with E-state index in [-0.39, 0.29) is 0 Å². The van der Waals surface area contributed by atoms with E-state index < -0.39 is 22.4 Å². The minimum atomic E-state index is -0.990. The highest BCUT2D eigenvalue weighted by atomic mass is 32.2. The van der Waals surface area contributed by atoms with Gasteiger partial charge in [0.1, 0.15) is 10.5 Å². The zero-order valence-electron chi connectivity index (χ0n) is 19.4. The molecule has 0 bridgehead atoms. The quantitative estimate of drug-likeness (QED) is 0.152. The fourth-order valence-electron chi connectivity index (χ4n) is 3.47. The van der Waals surface area contributed by atoms with Crippen molar-refractivity contribution in [2.24, 2.45) is 0 Å². The molecular weight excluding hydrogens is 416 g/mol. The molecule has 2 atom stereocenters. The molecule has 2 N–H and O–H groups in total. The van der Waals surface area contributed by atoms with Crippen LogP contribution in [0.5, 0.6) is 0 Å². The van der Waals surface area contributed by atoms with Crippen molar-refractivity contribution in [2.45, 2.75) is 127 Å². The molecule has 30 heavy (non-hydrogen) atoms. The molecule has 0 fully saturated rings. The lowest BCUT2D eigenvalue weighted by Crippen LogP contribution is -2.35. The van der Waals surface area contributed by atoms with Crippen molar-refractivity contribution >= 4 is 35.5 Å². The van der Waals surface area contributed by atoms with Crippen LogP contribution in [0, 0.1) is 0 Å². The molecule has 0 aromatic rings. The van der Waals surface area contributed by atoms with Crippen LogP contribution >= 0.6 is 23.5 Å². The average molecular weight is 463 g/mol. The Morgan fingerprint density at radius 2 is 0.800 bits per heavy atom. The summed E-state index contributed by atoms with van der Waals surface area (Å²) in [6, 6.07) is 0. The Labute approximate surface area is 193 Å². The topological polar surface area (TPSA) is 74.6 Å². The van der Waals surface area contributed by atoms with Crippen molar-refractivity contribution < 1.29 is 19.8 Å². The second-order valence-electron chi connectivity index (χ2n) is 8.21. The molecule has 0 aliphatic carbocycles. The van der Waals surface area contributed by atoms with Gasteiger partial charge in [-0.3, -0.25) is 9.59 Å². The maximum atomic E-state index is 11.7. The highest BCUT2D eigenvalue weighted by molar-refractivity contribution is 8.04. The van der Waals surface area contributed by atoms with Gasteiger partial charge in [-0.15, -0.1) is 23.5 Å². The lowest BCUT2D eigenvalue weighted by molar-refractivity contribution is -0.142. The smallest absolute Gasteiger partial charge is 0.318 e. The van der Waals surface area contributed by atoms with E-state index >= 15 is 0 Å². The standard InChI is InChI=1S/C24H46O4S2/c1-3-5-7-9-11-13-15-17-19-29-21(23(25)26)22(24(27)28)30-20-18-16-14-12-10-8-6-4-2/h21-22H,3-20H2,1-2H3,(H,25,26)(H,27,28)/t21-,22+. The molecule has 0 aliphatic heterocycles. The van der Waals surface area contributed by atoms with Gasteiger partial charge in [0.2, 0.25) is 0 Å². The van der Waals surface area contributed by atoms with Crippen LogP contribution < -0.4 is 0 Å². The van der Waals surface area contributed by atoms with Gasteiger partial charge in [-0.25, -0.2) is 0 Å². The van der Waals surface area contributed by atoms with E-state index in [1.807, 2.05) is 0 Å². The first-order valence-corrected chi connectivity index (χ1v) is 14.3. The Hall–Kier alpha value is -0.360. The lowest BCUT2D eigenvalue weighted by Gasteiger charge is -2.19. The van der Waals surface area contributed by atoms with E-state index in [9.17, 15) is 19.8 Å². The molecule has 0 radical (unpaired) electrons. The summed E-state index contributed by atoms with van der Waals surface area (Å²) in [6.45, 7) is 4.43. The molecule has 178 valence electrons. The minimum Gasteiger partial charge on any atom is -0.480 e. The van der Waals surface area contributed by atoms with Gasteiger partial charge < -0.3 is 10.2 Å². The molecule has 0 amide bonds. The first-order valence-electron chi connectivity index (χ1n) is 12.2. The summed E-state index contributed by atoms with van der Waals surface area (Å²) in [7, 11) is 0. The highest BCUT2D eigenvalue weighted by Gasteiger charge is 2.34. The van der Waals surface area contributed by atoms with E-state index in [1.165, 1.54) is 101 Å². The molecule has 0 aromatic heterocycles. The van der Waals surface area contributed by atoms with Crippen LogP contribution in [-0.2, 0) is 9.59 Å². The van der Waals surface area contributed by atoms with Gasteiger partial charge in [0.25, 0.3) is 0 Å². The Bertz CT molecular complexity index is 380. The van der Waals surface area contributed by atoms with Crippen LogP contribution in [0.1, 0.15) is 117 Å². The van der Waals surface area contributed by atoms with E-state index in [1.54, 1.807) is 0 Å². The van der Waals surface area contributed by atoms with Gasteiger partial charge in [-0.2, -0.15) is 0 Å². The second-order valence-corrected chi connectivity index (χ2v) is 10.7. The number of unbranched alkanes of at least 4 members (excludes halogenated alkanes) is 14. The summed E-state index contributed by atoms with van der Waals surface area (Å²) in [4.78, 5) is 23.3. The van der Waals surface area contributed by atoms with Crippen LogP contribution in [0.3, 0.4) is 0 Å². The van der Waals surface area contributed by atoms with E-state index in [0.717, 1.165) is 37.2 Å². The Kier molecular flexibility index (Phi) is 21.6. The number of rotatable bonds is 23. The van der Waals surface area contributed by atoms with Gasteiger partial charge in [-0.05, 0) is 24.3 Å². The van der Waals surface area contributed by atoms with E-state index in [0.29, 0.717) is 0 Å². The fraction of sp³-hybridized carbons (Fsp3) is 0.917. The van der Waals surface area contributed by atoms with Crippen LogP contribution in [0.25, 0.3) is 0 Å².